The number of aryl methyl sites for hydroxylation is 3. The molecule has 0 bridgehead atoms. The highest BCUT2D eigenvalue weighted by molar-refractivity contribution is 7.14. The molecule has 1 aromatic carbocycles. The maximum absolute atomic E-state index is 13.2. The Kier molecular flexibility index (Phi) is 10.4. The fourth-order valence-corrected chi connectivity index (χ4v) is 6.60. The van der Waals surface area contributed by atoms with Crippen LogP contribution in [0.3, 0.4) is 0 Å². The van der Waals surface area contributed by atoms with Crippen molar-refractivity contribution >= 4 is 40.3 Å². The minimum atomic E-state index is -0.227. The van der Waals surface area contributed by atoms with Gasteiger partial charge in [0.2, 0.25) is 0 Å². The van der Waals surface area contributed by atoms with Crippen molar-refractivity contribution in [3.05, 3.63) is 91.7 Å². The van der Waals surface area contributed by atoms with E-state index in [9.17, 15) is 14.4 Å². The third-order valence-corrected chi connectivity index (χ3v) is 9.22. The number of anilines is 3. The molecule has 4 aromatic rings. The normalized spacial score (nSPS) is 12.4. The molecule has 10 nitrogen and oxygen atoms in total. The number of thiophene rings is 1. The molecule has 0 aliphatic heterocycles. The molecule has 0 spiro atoms. The lowest BCUT2D eigenvalue weighted by molar-refractivity contribution is 0.0627. The Labute approximate surface area is 267 Å². The van der Waals surface area contributed by atoms with Crippen LogP contribution in [-0.2, 0) is 29.4 Å². The number of rotatable bonds is 12. The average Bonchev–Trinajstić information content (AvgIpc) is 3.49. The quantitative estimate of drug-likeness (QED) is 0.215. The Bertz CT molecular complexity index is 1700. The van der Waals surface area contributed by atoms with E-state index < -0.39 is 0 Å². The fourth-order valence-electron chi connectivity index (χ4n) is 5.45. The summed E-state index contributed by atoms with van der Waals surface area (Å²) in [6.45, 7) is 3.65. The first-order valence-corrected chi connectivity index (χ1v) is 15.8. The van der Waals surface area contributed by atoms with Crippen molar-refractivity contribution in [2.24, 2.45) is 7.05 Å². The minimum Gasteiger partial charge on any atom is -0.383 e. The van der Waals surface area contributed by atoms with Gasteiger partial charge in [-0.2, -0.15) is 0 Å². The largest absolute Gasteiger partial charge is 0.383 e. The number of nitrogens with zero attached hydrogens (tertiary/aromatic N) is 3. The number of amides is 2. The molecule has 0 saturated carbocycles. The fraction of sp³-hybridized carbons (Fsp3) is 0.353. The summed E-state index contributed by atoms with van der Waals surface area (Å²) in [5.41, 5.74) is 5.14. The van der Waals surface area contributed by atoms with Gasteiger partial charge in [0.15, 0.2) is 0 Å². The molecule has 11 heteroatoms. The average molecular weight is 630 g/mol. The third-order valence-electron chi connectivity index (χ3n) is 7.99. The predicted molar refractivity (Wildman–Crippen MR) is 178 cm³/mol. The lowest BCUT2D eigenvalue weighted by Crippen LogP contribution is -2.36. The number of hydrogen-bond donors (Lipinski definition) is 2. The molecule has 2 amide bonds. The lowest BCUT2D eigenvalue weighted by atomic mass is 9.99. The number of nitrogens with one attached hydrogen (secondary N) is 2. The van der Waals surface area contributed by atoms with Crippen molar-refractivity contribution in [1.82, 2.24) is 14.5 Å². The Hall–Kier alpha value is -4.32. The molecule has 236 valence electrons. The number of hydrogen-bond acceptors (Lipinski definition) is 8. The molecule has 0 radical (unpaired) electrons. The summed E-state index contributed by atoms with van der Waals surface area (Å²) >= 11 is 1.59. The van der Waals surface area contributed by atoms with Crippen molar-refractivity contribution in [3.8, 4) is 11.1 Å². The third kappa shape index (κ3) is 7.50. The molecule has 0 atom stereocenters. The van der Waals surface area contributed by atoms with Gasteiger partial charge in [-0.3, -0.25) is 14.4 Å². The highest BCUT2D eigenvalue weighted by Gasteiger charge is 2.19. The van der Waals surface area contributed by atoms with Gasteiger partial charge >= 0.3 is 0 Å². The Morgan fingerprint density at radius 2 is 1.78 bits per heavy atom. The topological polar surface area (TPSA) is 115 Å². The van der Waals surface area contributed by atoms with Gasteiger partial charge in [-0.15, -0.1) is 11.3 Å². The number of methoxy groups -OCH3 is 2. The second kappa shape index (κ2) is 14.6. The molecule has 1 aliphatic carbocycles. The Morgan fingerprint density at radius 1 is 1.02 bits per heavy atom. The van der Waals surface area contributed by atoms with Gasteiger partial charge in [0.25, 0.3) is 17.4 Å². The number of benzene rings is 1. The van der Waals surface area contributed by atoms with Crippen LogP contribution in [0.25, 0.3) is 11.1 Å². The lowest BCUT2D eigenvalue weighted by Gasteiger charge is -2.22. The van der Waals surface area contributed by atoms with Crippen LogP contribution in [-0.4, -0.2) is 66.8 Å². The molecular formula is C34H39N5O5S. The van der Waals surface area contributed by atoms with E-state index in [4.69, 9.17) is 9.47 Å². The van der Waals surface area contributed by atoms with Gasteiger partial charge in [0.05, 0.1) is 23.7 Å². The number of ether oxygens (including phenoxy) is 2. The summed E-state index contributed by atoms with van der Waals surface area (Å²) in [4.78, 5) is 47.5. The molecule has 0 saturated heterocycles. The second-order valence-electron chi connectivity index (χ2n) is 11.1. The summed E-state index contributed by atoms with van der Waals surface area (Å²) < 4.78 is 11.8. The smallest absolute Gasteiger partial charge is 0.274 e. The van der Waals surface area contributed by atoms with Gasteiger partial charge < -0.3 is 29.6 Å². The van der Waals surface area contributed by atoms with Crippen molar-refractivity contribution in [2.75, 3.05) is 51.2 Å². The van der Waals surface area contributed by atoms with E-state index in [0.29, 0.717) is 43.4 Å². The van der Waals surface area contributed by atoms with E-state index in [0.717, 1.165) is 40.1 Å². The zero-order chi connectivity index (χ0) is 31.9. The van der Waals surface area contributed by atoms with Gasteiger partial charge in [0, 0.05) is 62.9 Å². The molecule has 0 unspecified atom stereocenters. The molecule has 3 heterocycles. The Balaban J connectivity index is 1.34. The van der Waals surface area contributed by atoms with Crippen molar-refractivity contribution in [2.45, 2.75) is 32.6 Å². The maximum atomic E-state index is 13.2. The van der Waals surface area contributed by atoms with Crippen LogP contribution in [0.1, 0.15) is 48.9 Å². The van der Waals surface area contributed by atoms with Crippen LogP contribution in [0.5, 0.6) is 0 Å². The number of carbonyl (C=O) groups is 2. The molecular weight excluding hydrogens is 590 g/mol. The van der Waals surface area contributed by atoms with Gasteiger partial charge in [0.1, 0.15) is 11.5 Å². The van der Waals surface area contributed by atoms with E-state index in [1.165, 1.54) is 34.0 Å². The number of aromatic nitrogens is 2. The Morgan fingerprint density at radius 3 is 2.47 bits per heavy atom. The van der Waals surface area contributed by atoms with Crippen LogP contribution >= 0.6 is 11.3 Å². The summed E-state index contributed by atoms with van der Waals surface area (Å²) in [6, 6.07) is 12.9. The van der Waals surface area contributed by atoms with Crippen LogP contribution in [0.4, 0.5) is 17.2 Å². The first-order valence-electron chi connectivity index (χ1n) is 15.0. The highest BCUT2D eigenvalue weighted by Crippen LogP contribution is 2.32. The van der Waals surface area contributed by atoms with Crippen LogP contribution in [0.15, 0.2) is 59.7 Å². The van der Waals surface area contributed by atoms with E-state index in [2.05, 4.69) is 15.6 Å². The summed E-state index contributed by atoms with van der Waals surface area (Å²) in [7, 11) is 4.88. The number of fused-ring (bicyclic) bond motifs is 1. The summed E-state index contributed by atoms with van der Waals surface area (Å²) in [6.07, 6.45) is 7.70. The van der Waals surface area contributed by atoms with Crippen LogP contribution in [0, 0.1) is 6.92 Å². The SMILES string of the molecule is COCCN(CCOC)C(=O)c1ccc(Nc2cc(-c3cccc(NC(=O)c4cc5c(s4)CCCC5)c3C)cn(C)c2=O)nc1. The molecule has 5 rings (SSSR count). The zero-order valence-electron chi connectivity index (χ0n) is 26.1. The monoisotopic (exact) mass is 629 g/mol. The number of pyridine rings is 2. The van der Waals surface area contributed by atoms with Crippen LogP contribution < -0.4 is 16.2 Å². The zero-order valence-corrected chi connectivity index (χ0v) is 27.0. The molecule has 1 aliphatic rings. The van der Waals surface area contributed by atoms with E-state index in [-0.39, 0.29) is 17.4 Å². The molecule has 45 heavy (non-hydrogen) atoms. The van der Waals surface area contributed by atoms with Gasteiger partial charge in [-0.25, -0.2) is 4.98 Å². The first-order chi connectivity index (χ1) is 21.8. The van der Waals surface area contributed by atoms with E-state index >= 15 is 0 Å². The van der Waals surface area contributed by atoms with Gasteiger partial charge in [-0.05, 0) is 79.6 Å². The maximum Gasteiger partial charge on any atom is 0.274 e. The van der Waals surface area contributed by atoms with Crippen molar-refractivity contribution in [3.63, 3.8) is 0 Å². The van der Waals surface area contributed by atoms with Crippen molar-refractivity contribution in [1.29, 1.82) is 0 Å². The molecule has 2 N–H and O–H groups in total. The van der Waals surface area contributed by atoms with E-state index in [1.807, 2.05) is 31.2 Å². The first kappa shape index (κ1) is 32.1. The highest BCUT2D eigenvalue weighted by atomic mass is 32.1. The molecule has 3 aromatic heterocycles. The molecule has 0 fully saturated rings. The second-order valence-corrected chi connectivity index (χ2v) is 12.2. The standard InChI is InChI=1S/C34H39N5O5S/c1-22-26(9-7-10-27(22)37-32(40)30-19-23-8-5-6-11-29(23)45-30)25-18-28(34(42)38(2)21-25)36-31-13-12-24(20-35-31)33(41)39(14-16-43-3)15-17-44-4/h7,9-10,12-13,18-21H,5-6,8,11,14-17H2,1-4H3,(H,35,36)(H,37,40). The number of carbonyl (C=O) groups excluding carboxylic acids is 2. The minimum absolute atomic E-state index is 0.106. The summed E-state index contributed by atoms with van der Waals surface area (Å²) in [5, 5.41) is 6.22. The van der Waals surface area contributed by atoms with E-state index in [1.54, 1.807) is 61.9 Å². The van der Waals surface area contributed by atoms with Gasteiger partial charge in [-0.1, -0.05) is 12.1 Å². The summed E-state index contributed by atoms with van der Waals surface area (Å²) in [5.74, 6) is 0.144. The van der Waals surface area contributed by atoms with Crippen LogP contribution in [0.2, 0.25) is 0 Å². The predicted octanol–water partition coefficient (Wildman–Crippen LogP) is 5.43. The van der Waals surface area contributed by atoms with Crippen molar-refractivity contribution < 1.29 is 19.1 Å².